The fraction of sp³-hybridized carbons (Fsp3) is 0.857. The van der Waals surface area contributed by atoms with Gasteiger partial charge in [-0.1, -0.05) is 96.8 Å². The maximum absolute atomic E-state index is 11.8. The highest BCUT2D eigenvalue weighted by atomic mass is 16.2. The lowest BCUT2D eigenvalue weighted by Gasteiger charge is -2.10. The quantitative estimate of drug-likeness (QED) is 0.297. The zero-order valence-electron chi connectivity index (χ0n) is 16.7. The number of carbonyl (C=O) groups excluding carboxylic acids is 3. The summed E-state index contributed by atoms with van der Waals surface area (Å²) in [7, 11) is 0. The number of nitrogens with one attached hydrogen (secondary N) is 1. The molecule has 0 aromatic carbocycles. The maximum Gasteiger partial charge on any atom is 0.331 e. The van der Waals surface area contributed by atoms with E-state index in [0.29, 0.717) is 6.42 Å². The smallest absolute Gasteiger partial charge is 0.276 e. The Morgan fingerprint density at radius 1 is 0.769 bits per heavy atom. The van der Waals surface area contributed by atoms with Gasteiger partial charge in [-0.25, -0.2) is 4.79 Å². The van der Waals surface area contributed by atoms with E-state index in [1.165, 1.54) is 77.0 Å². The average Bonchev–Trinajstić information content (AvgIpc) is 2.96. The molecule has 0 aliphatic carbocycles. The van der Waals surface area contributed by atoms with E-state index in [1.54, 1.807) is 0 Å². The van der Waals surface area contributed by atoms with Gasteiger partial charge in [0.2, 0.25) is 11.8 Å². The molecule has 0 radical (unpaired) electrons. The molecule has 0 aromatic rings. The highest BCUT2D eigenvalue weighted by Gasteiger charge is 2.31. The summed E-state index contributed by atoms with van der Waals surface area (Å²) in [6.45, 7) is 2.15. The minimum Gasteiger partial charge on any atom is -0.276 e. The van der Waals surface area contributed by atoms with E-state index in [9.17, 15) is 14.4 Å². The van der Waals surface area contributed by atoms with Crippen LogP contribution in [0.1, 0.15) is 110 Å². The van der Waals surface area contributed by atoms with Crippen molar-refractivity contribution in [2.45, 2.75) is 110 Å². The summed E-state index contributed by atoms with van der Waals surface area (Å²) in [4.78, 5) is 35.3. The van der Waals surface area contributed by atoms with Crippen LogP contribution in [0.5, 0.6) is 0 Å². The van der Waals surface area contributed by atoms with Gasteiger partial charge in [-0.2, -0.15) is 0 Å². The first-order chi connectivity index (χ1) is 12.6. The summed E-state index contributed by atoms with van der Waals surface area (Å²) in [5.74, 6) is -0.622. The van der Waals surface area contributed by atoms with Crippen molar-refractivity contribution in [1.29, 1.82) is 0 Å². The number of hydrogen-bond acceptors (Lipinski definition) is 3. The molecule has 1 heterocycles. The third-order valence-electron chi connectivity index (χ3n) is 5.09. The summed E-state index contributed by atoms with van der Waals surface area (Å²) in [6.07, 6.45) is 19.6. The second kappa shape index (κ2) is 14.7. The molecule has 4 amide bonds. The molecule has 1 aliphatic heterocycles. The first-order valence-corrected chi connectivity index (χ1v) is 10.8. The van der Waals surface area contributed by atoms with Gasteiger partial charge >= 0.3 is 6.03 Å². The number of unbranched alkanes of at least 4 members (excludes halogenated alkanes) is 14. The second-order valence-corrected chi connectivity index (χ2v) is 7.53. The van der Waals surface area contributed by atoms with Gasteiger partial charge < -0.3 is 0 Å². The van der Waals surface area contributed by atoms with E-state index in [1.807, 2.05) is 0 Å². The van der Waals surface area contributed by atoms with Gasteiger partial charge in [0.25, 0.3) is 0 Å². The summed E-state index contributed by atoms with van der Waals surface area (Å²) < 4.78 is 0. The molecule has 0 aromatic heterocycles. The van der Waals surface area contributed by atoms with Crippen LogP contribution < -0.4 is 5.32 Å². The SMILES string of the molecule is CCCCCCCCCCCCCCCCCC(=O)N1CC(=O)NC1=O. The summed E-state index contributed by atoms with van der Waals surface area (Å²) >= 11 is 0. The molecule has 0 bridgehead atoms. The van der Waals surface area contributed by atoms with Crippen LogP contribution in [0.2, 0.25) is 0 Å². The molecular weight excluding hydrogens is 328 g/mol. The Bertz CT molecular complexity index is 423. The minimum atomic E-state index is -0.569. The Balaban J connectivity index is 1.80. The van der Waals surface area contributed by atoms with Gasteiger partial charge in [0, 0.05) is 6.42 Å². The van der Waals surface area contributed by atoms with Crippen LogP contribution in [0.3, 0.4) is 0 Å². The third kappa shape index (κ3) is 10.6. The monoisotopic (exact) mass is 366 g/mol. The third-order valence-corrected chi connectivity index (χ3v) is 5.09. The van der Waals surface area contributed by atoms with Gasteiger partial charge in [0.1, 0.15) is 6.54 Å². The molecule has 150 valence electrons. The molecule has 1 aliphatic rings. The molecular formula is C21H38N2O3. The summed E-state index contributed by atoms with van der Waals surface area (Å²) in [6, 6.07) is -0.569. The van der Waals surface area contributed by atoms with Crippen molar-refractivity contribution in [1.82, 2.24) is 10.2 Å². The number of imide groups is 2. The first-order valence-electron chi connectivity index (χ1n) is 10.8. The van der Waals surface area contributed by atoms with Crippen LogP contribution in [0, 0.1) is 0 Å². The van der Waals surface area contributed by atoms with Crippen LogP contribution in [0.25, 0.3) is 0 Å². The summed E-state index contributed by atoms with van der Waals surface area (Å²) in [5.41, 5.74) is 0. The van der Waals surface area contributed by atoms with Gasteiger partial charge in [0.15, 0.2) is 0 Å². The Morgan fingerprint density at radius 2 is 1.19 bits per heavy atom. The fourth-order valence-electron chi connectivity index (χ4n) is 3.43. The topological polar surface area (TPSA) is 66.5 Å². The van der Waals surface area contributed by atoms with E-state index in [0.717, 1.165) is 24.2 Å². The fourth-order valence-corrected chi connectivity index (χ4v) is 3.43. The second-order valence-electron chi connectivity index (χ2n) is 7.53. The number of rotatable bonds is 16. The highest BCUT2D eigenvalue weighted by molar-refractivity contribution is 6.09. The van der Waals surface area contributed by atoms with Crippen LogP contribution >= 0.6 is 0 Å². The summed E-state index contributed by atoms with van der Waals surface area (Å²) in [5, 5.41) is 2.13. The lowest BCUT2D eigenvalue weighted by atomic mass is 10.0. The minimum absolute atomic E-state index is 0.115. The van der Waals surface area contributed by atoms with Crippen molar-refractivity contribution in [2.75, 3.05) is 6.54 Å². The highest BCUT2D eigenvalue weighted by Crippen LogP contribution is 2.14. The molecule has 1 rings (SSSR count). The molecule has 1 N–H and O–H groups in total. The number of urea groups is 1. The van der Waals surface area contributed by atoms with Crippen LogP contribution in [0.15, 0.2) is 0 Å². The van der Waals surface area contributed by atoms with Gasteiger partial charge in [-0.3, -0.25) is 19.8 Å². The maximum atomic E-state index is 11.8. The predicted molar refractivity (Wildman–Crippen MR) is 105 cm³/mol. The molecule has 5 heteroatoms. The molecule has 0 atom stereocenters. The van der Waals surface area contributed by atoms with Crippen molar-refractivity contribution in [3.63, 3.8) is 0 Å². The number of carbonyl (C=O) groups is 3. The van der Waals surface area contributed by atoms with E-state index in [-0.39, 0.29) is 18.4 Å². The normalized spacial score (nSPS) is 14.1. The van der Waals surface area contributed by atoms with Crippen molar-refractivity contribution in [3.8, 4) is 0 Å². The van der Waals surface area contributed by atoms with Gasteiger partial charge in [-0.05, 0) is 6.42 Å². The van der Waals surface area contributed by atoms with Gasteiger partial charge in [0.05, 0.1) is 0 Å². The lowest BCUT2D eigenvalue weighted by Crippen LogP contribution is -2.33. The number of amides is 4. The molecule has 0 unspecified atom stereocenters. The molecule has 0 spiro atoms. The molecule has 5 nitrogen and oxygen atoms in total. The standard InChI is InChI=1S/C21H38N2O3/c1-2-3-4-5-6-7-8-9-10-11-12-13-14-15-16-17-20(25)23-18-19(24)22-21(23)26/h2-18H2,1H3,(H,22,24,26). The molecule has 1 fully saturated rings. The lowest BCUT2D eigenvalue weighted by molar-refractivity contribution is -0.130. The molecule has 0 saturated carbocycles. The average molecular weight is 367 g/mol. The Kier molecular flexibility index (Phi) is 12.8. The van der Waals surface area contributed by atoms with Crippen molar-refractivity contribution < 1.29 is 14.4 Å². The first kappa shape index (κ1) is 22.7. The number of nitrogens with zero attached hydrogens (tertiary/aromatic N) is 1. The van der Waals surface area contributed by atoms with Crippen LogP contribution in [0.4, 0.5) is 4.79 Å². The molecule has 26 heavy (non-hydrogen) atoms. The van der Waals surface area contributed by atoms with E-state index in [2.05, 4.69) is 12.2 Å². The predicted octanol–water partition coefficient (Wildman–Crippen LogP) is 5.33. The number of hydrogen-bond donors (Lipinski definition) is 1. The van der Waals surface area contributed by atoms with Crippen molar-refractivity contribution in [2.24, 2.45) is 0 Å². The largest absolute Gasteiger partial charge is 0.331 e. The van der Waals surface area contributed by atoms with E-state index in [4.69, 9.17) is 0 Å². The van der Waals surface area contributed by atoms with Crippen LogP contribution in [-0.4, -0.2) is 29.3 Å². The van der Waals surface area contributed by atoms with Crippen molar-refractivity contribution >= 4 is 17.8 Å². The van der Waals surface area contributed by atoms with E-state index < -0.39 is 6.03 Å². The van der Waals surface area contributed by atoms with Crippen LogP contribution in [-0.2, 0) is 9.59 Å². The van der Waals surface area contributed by atoms with Gasteiger partial charge in [-0.15, -0.1) is 0 Å². The zero-order chi connectivity index (χ0) is 19.0. The van der Waals surface area contributed by atoms with E-state index >= 15 is 0 Å². The Hall–Kier alpha value is -1.39. The Morgan fingerprint density at radius 3 is 1.58 bits per heavy atom. The Labute approximate surface area is 159 Å². The zero-order valence-corrected chi connectivity index (χ0v) is 16.7. The molecule has 1 saturated heterocycles. The van der Waals surface area contributed by atoms with Crippen molar-refractivity contribution in [3.05, 3.63) is 0 Å².